The van der Waals surface area contributed by atoms with Gasteiger partial charge in [-0.15, -0.1) is 0 Å². The second-order valence-corrected chi connectivity index (χ2v) is 11.6. The van der Waals surface area contributed by atoms with E-state index in [1.165, 1.54) is 39.9 Å². The molecule has 1 fully saturated rings. The minimum atomic E-state index is -3.77. The summed E-state index contributed by atoms with van der Waals surface area (Å²) in [5.41, 5.74) is 1.54. The monoisotopic (exact) mass is 527 g/mol. The second-order valence-electron chi connectivity index (χ2n) is 8.65. The lowest BCUT2D eigenvalue weighted by Crippen LogP contribution is -2.44. The van der Waals surface area contributed by atoms with E-state index in [-0.39, 0.29) is 29.7 Å². The molecule has 0 atom stereocenters. The van der Waals surface area contributed by atoms with Crippen molar-refractivity contribution in [2.45, 2.75) is 24.3 Å². The Morgan fingerprint density at radius 1 is 0.972 bits per heavy atom. The normalized spacial score (nSPS) is 15.3. The standard InChI is InChI=1S/C26H23F2N3O3S2/c27-20-6-9-22(10-7-20)36(33,34)30-14-12-19(13-15-30)25(32)31(17-18-4-2-1-3-5-18)26-29-23-11-8-21(28)16-24(23)35-26/h1-11,16,19H,12-15,17H2. The van der Waals surface area contributed by atoms with Crippen LogP contribution in [0, 0.1) is 17.6 Å². The molecule has 3 aromatic carbocycles. The van der Waals surface area contributed by atoms with Gasteiger partial charge in [-0.3, -0.25) is 9.69 Å². The fourth-order valence-electron chi connectivity index (χ4n) is 4.33. The number of nitrogens with zero attached hydrogens (tertiary/aromatic N) is 3. The molecule has 1 aromatic heterocycles. The predicted octanol–water partition coefficient (Wildman–Crippen LogP) is 5.21. The van der Waals surface area contributed by atoms with Crippen LogP contribution in [0.2, 0.25) is 0 Å². The van der Waals surface area contributed by atoms with Crippen LogP contribution in [0.15, 0.2) is 77.7 Å². The van der Waals surface area contributed by atoms with Gasteiger partial charge in [0.05, 0.1) is 21.7 Å². The molecule has 6 nitrogen and oxygen atoms in total. The summed E-state index contributed by atoms with van der Waals surface area (Å²) < 4.78 is 54.9. The number of benzene rings is 3. The van der Waals surface area contributed by atoms with E-state index in [2.05, 4.69) is 4.98 Å². The van der Waals surface area contributed by atoms with Gasteiger partial charge in [-0.25, -0.2) is 22.2 Å². The predicted molar refractivity (Wildman–Crippen MR) is 135 cm³/mol. The number of hydrogen-bond donors (Lipinski definition) is 0. The van der Waals surface area contributed by atoms with Crippen LogP contribution in [0.1, 0.15) is 18.4 Å². The molecule has 10 heteroatoms. The summed E-state index contributed by atoms with van der Waals surface area (Å²) in [5.74, 6) is -1.41. The van der Waals surface area contributed by atoms with Gasteiger partial charge in [0.1, 0.15) is 11.6 Å². The number of fused-ring (bicyclic) bond motifs is 1. The zero-order valence-corrected chi connectivity index (χ0v) is 20.8. The van der Waals surface area contributed by atoms with Gasteiger partial charge in [-0.05, 0) is 60.9 Å². The number of sulfonamides is 1. The Morgan fingerprint density at radius 3 is 2.33 bits per heavy atom. The first-order chi connectivity index (χ1) is 17.3. The van der Waals surface area contributed by atoms with Crippen LogP contribution >= 0.6 is 11.3 Å². The van der Waals surface area contributed by atoms with Gasteiger partial charge in [-0.2, -0.15) is 4.31 Å². The third-order valence-electron chi connectivity index (χ3n) is 6.27. The molecular formula is C26H23F2N3O3S2. The quantitative estimate of drug-likeness (QED) is 0.345. The third kappa shape index (κ3) is 5.02. The molecule has 36 heavy (non-hydrogen) atoms. The van der Waals surface area contributed by atoms with E-state index in [4.69, 9.17) is 0 Å². The second kappa shape index (κ2) is 10.0. The zero-order valence-electron chi connectivity index (χ0n) is 19.2. The van der Waals surface area contributed by atoms with Crippen molar-refractivity contribution in [2.24, 2.45) is 5.92 Å². The lowest BCUT2D eigenvalue weighted by Gasteiger charge is -2.33. The fraction of sp³-hybridized carbons (Fsp3) is 0.231. The maximum Gasteiger partial charge on any atom is 0.243 e. The Balaban J connectivity index is 1.37. The number of piperidine rings is 1. The smallest absolute Gasteiger partial charge is 0.243 e. The van der Waals surface area contributed by atoms with Crippen LogP contribution in [0.3, 0.4) is 0 Å². The van der Waals surface area contributed by atoms with E-state index in [1.807, 2.05) is 30.3 Å². The molecule has 0 aliphatic carbocycles. The number of carbonyl (C=O) groups is 1. The van der Waals surface area contributed by atoms with Gasteiger partial charge in [-0.1, -0.05) is 41.7 Å². The van der Waals surface area contributed by atoms with Crippen molar-refractivity contribution in [3.05, 3.63) is 90.0 Å². The summed E-state index contributed by atoms with van der Waals surface area (Å²) in [7, 11) is -3.77. The average molecular weight is 528 g/mol. The SMILES string of the molecule is O=C(C1CCN(S(=O)(=O)c2ccc(F)cc2)CC1)N(Cc1ccccc1)c1nc2ccc(F)cc2s1. The van der Waals surface area contributed by atoms with Crippen LogP contribution in [0.4, 0.5) is 13.9 Å². The molecule has 0 radical (unpaired) electrons. The molecule has 2 heterocycles. The van der Waals surface area contributed by atoms with Gasteiger partial charge in [0.2, 0.25) is 15.9 Å². The molecule has 0 saturated carbocycles. The maximum atomic E-state index is 13.7. The number of aromatic nitrogens is 1. The average Bonchev–Trinajstić information content (AvgIpc) is 3.31. The van der Waals surface area contributed by atoms with E-state index >= 15 is 0 Å². The Hall–Kier alpha value is -3.21. The number of anilines is 1. The van der Waals surface area contributed by atoms with Crippen LogP contribution in [0.25, 0.3) is 10.2 Å². The van der Waals surface area contributed by atoms with Crippen LogP contribution in [-0.2, 0) is 21.4 Å². The van der Waals surface area contributed by atoms with Crippen molar-refractivity contribution in [2.75, 3.05) is 18.0 Å². The number of thiazole rings is 1. The summed E-state index contributed by atoms with van der Waals surface area (Å²) in [6.07, 6.45) is 0.703. The summed E-state index contributed by atoms with van der Waals surface area (Å²) in [5, 5.41) is 0.478. The number of hydrogen-bond acceptors (Lipinski definition) is 5. The Bertz CT molecular complexity index is 1480. The van der Waals surface area contributed by atoms with Crippen molar-refractivity contribution in [1.29, 1.82) is 0 Å². The molecule has 0 spiro atoms. The molecule has 5 rings (SSSR count). The first kappa shape index (κ1) is 24.5. The Kier molecular flexibility index (Phi) is 6.83. The molecule has 186 valence electrons. The summed E-state index contributed by atoms with van der Waals surface area (Å²) in [4.78, 5) is 20.0. The molecule has 1 saturated heterocycles. The highest BCUT2D eigenvalue weighted by atomic mass is 32.2. The van der Waals surface area contributed by atoms with Crippen LogP contribution < -0.4 is 4.90 Å². The number of rotatable bonds is 6. The van der Waals surface area contributed by atoms with Gasteiger partial charge in [0.25, 0.3) is 0 Å². The Morgan fingerprint density at radius 2 is 1.64 bits per heavy atom. The number of halogens is 2. The topological polar surface area (TPSA) is 70.6 Å². The van der Waals surface area contributed by atoms with Crippen molar-refractivity contribution in [3.63, 3.8) is 0 Å². The summed E-state index contributed by atoms with van der Waals surface area (Å²) in [6, 6.07) is 18.6. The van der Waals surface area contributed by atoms with E-state index in [9.17, 15) is 22.0 Å². The zero-order chi connectivity index (χ0) is 25.3. The Labute approximate surface area is 211 Å². The van der Waals surface area contributed by atoms with E-state index in [0.29, 0.717) is 34.7 Å². The molecular weight excluding hydrogens is 504 g/mol. The molecule has 0 unspecified atom stereocenters. The van der Waals surface area contributed by atoms with Gasteiger partial charge in [0.15, 0.2) is 5.13 Å². The highest BCUT2D eigenvalue weighted by Gasteiger charge is 2.35. The molecule has 1 amide bonds. The highest BCUT2D eigenvalue weighted by molar-refractivity contribution is 7.89. The van der Waals surface area contributed by atoms with Crippen molar-refractivity contribution in [3.8, 4) is 0 Å². The van der Waals surface area contributed by atoms with Gasteiger partial charge in [0, 0.05) is 19.0 Å². The molecule has 0 bridgehead atoms. The highest BCUT2D eigenvalue weighted by Crippen LogP contribution is 2.33. The lowest BCUT2D eigenvalue weighted by atomic mass is 9.96. The van der Waals surface area contributed by atoms with Crippen molar-refractivity contribution < 1.29 is 22.0 Å². The minimum absolute atomic E-state index is 0.0288. The largest absolute Gasteiger partial charge is 0.283 e. The molecule has 1 aliphatic heterocycles. The molecule has 1 aliphatic rings. The first-order valence-electron chi connectivity index (χ1n) is 11.5. The number of carbonyl (C=O) groups excluding carboxylic acids is 1. The number of amides is 1. The van der Waals surface area contributed by atoms with Crippen LogP contribution in [-0.4, -0.2) is 36.7 Å². The minimum Gasteiger partial charge on any atom is -0.283 e. The van der Waals surface area contributed by atoms with Gasteiger partial charge >= 0.3 is 0 Å². The van der Waals surface area contributed by atoms with Crippen molar-refractivity contribution >= 4 is 42.6 Å². The van der Waals surface area contributed by atoms with E-state index in [1.54, 1.807) is 11.0 Å². The molecule has 0 N–H and O–H groups in total. The summed E-state index contributed by atoms with van der Waals surface area (Å²) in [6.45, 7) is 0.663. The van der Waals surface area contributed by atoms with Gasteiger partial charge < -0.3 is 0 Å². The lowest BCUT2D eigenvalue weighted by molar-refractivity contribution is -0.123. The molecule has 4 aromatic rings. The summed E-state index contributed by atoms with van der Waals surface area (Å²) >= 11 is 1.25. The van der Waals surface area contributed by atoms with Crippen LogP contribution in [0.5, 0.6) is 0 Å². The van der Waals surface area contributed by atoms with Crippen molar-refractivity contribution in [1.82, 2.24) is 9.29 Å². The maximum absolute atomic E-state index is 13.7. The fourth-order valence-corrected chi connectivity index (χ4v) is 6.79. The first-order valence-corrected chi connectivity index (χ1v) is 13.7. The van der Waals surface area contributed by atoms with E-state index in [0.717, 1.165) is 17.7 Å². The third-order valence-corrected chi connectivity index (χ3v) is 9.23. The van der Waals surface area contributed by atoms with E-state index < -0.39 is 21.8 Å².